The third kappa shape index (κ3) is 5.72. The Balaban J connectivity index is 1.98. The highest BCUT2D eigenvalue weighted by Crippen LogP contribution is 2.17. The maximum atomic E-state index is 14.0. The lowest BCUT2D eigenvalue weighted by molar-refractivity contribution is 0.0635. The zero-order valence-electron chi connectivity index (χ0n) is 13.8. The number of anilines is 2. The molecule has 0 bridgehead atoms. The summed E-state index contributed by atoms with van der Waals surface area (Å²) >= 11 is 0. The topological polar surface area (TPSA) is 62.7 Å². The van der Waals surface area contributed by atoms with Crippen LogP contribution in [0, 0.1) is 5.82 Å². The van der Waals surface area contributed by atoms with Gasteiger partial charge in [-0.05, 0) is 50.6 Å². The molecule has 1 amide bonds. The van der Waals surface area contributed by atoms with Gasteiger partial charge in [0.25, 0.3) is 0 Å². The molecule has 2 N–H and O–H groups in total. The summed E-state index contributed by atoms with van der Waals surface area (Å²) in [6.45, 7) is 5.21. The smallest absolute Gasteiger partial charge is 0.412 e. The standard InChI is InChI=1S/C18H20FN3O2/c1-18(2,3)24-17(23)21-16-10-9-13(11-15(16)19)12-20-22-14-7-5-4-6-8-14/h4-12,22H,1-3H3,(H,21,23). The first-order valence-electron chi connectivity index (χ1n) is 7.47. The third-order valence-electron chi connectivity index (χ3n) is 2.81. The molecule has 0 aliphatic carbocycles. The minimum absolute atomic E-state index is 0.0532. The Morgan fingerprint density at radius 2 is 1.88 bits per heavy atom. The molecule has 0 heterocycles. The molecule has 6 heteroatoms. The molecule has 0 unspecified atom stereocenters. The molecule has 2 aromatic carbocycles. The number of nitrogens with one attached hydrogen (secondary N) is 2. The monoisotopic (exact) mass is 329 g/mol. The van der Waals surface area contributed by atoms with E-state index in [9.17, 15) is 9.18 Å². The molecule has 0 radical (unpaired) electrons. The molecular weight excluding hydrogens is 309 g/mol. The Morgan fingerprint density at radius 3 is 2.50 bits per heavy atom. The molecule has 0 fully saturated rings. The summed E-state index contributed by atoms with van der Waals surface area (Å²) in [4.78, 5) is 11.7. The number of halogens is 1. The highest BCUT2D eigenvalue weighted by molar-refractivity contribution is 5.86. The highest BCUT2D eigenvalue weighted by atomic mass is 19.1. The predicted molar refractivity (Wildman–Crippen MR) is 93.9 cm³/mol. The molecule has 126 valence electrons. The van der Waals surface area contributed by atoms with E-state index in [0.717, 1.165) is 5.69 Å². The van der Waals surface area contributed by atoms with E-state index in [-0.39, 0.29) is 5.69 Å². The van der Waals surface area contributed by atoms with Crippen LogP contribution in [0.1, 0.15) is 26.3 Å². The molecule has 5 nitrogen and oxygen atoms in total. The normalized spacial score (nSPS) is 11.3. The number of ether oxygens (including phenoxy) is 1. The minimum Gasteiger partial charge on any atom is -0.444 e. The van der Waals surface area contributed by atoms with Gasteiger partial charge in [-0.15, -0.1) is 0 Å². The number of nitrogens with zero attached hydrogens (tertiary/aromatic N) is 1. The van der Waals surface area contributed by atoms with Gasteiger partial charge in [0.15, 0.2) is 0 Å². The first-order chi connectivity index (χ1) is 11.3. The summed E-state index contributed by atoms with van der Waals surface area (Å²) < 4.78 is 19.1. The molecule has 0 aliphatic rings. The lowest BCUT2D eigenvalue weighted by atomic mass is 10.2. The Bertz CT molecular complexity index is 725. The molecule has 0 saturated carbocycles. The molecule has 0 atom stereocenters. The molecule has 0 aliphatic heterocycles. The van der Waals surface area contributed by atoms with Crippen molar-refractivity contribution in [3.63, 3.8) is 0 Å². The minimum atomic E-state index is -0.700. The van der Waals surface area contributed by atoms with E-state index in [1.165, 1.54) is 18.3 Å². The fourth-order valence-electron chi connectivity index (χ4n) is 1.82. The maximum Gasteiger partial charge on any atom is 0.412 e. The van der Waals surface area contributed by atoms with Crippen LogP contribution in [0.2, 0.25) is 0 Å². The number of para-hydroxylation sites is 1. The van der Waals surface area contributed by atoms with Crippen molar-refractivity contribution in [3.05, 3.63) is 59.9 Å². The van der Waals surface area contributed by atoms with Crippen molar-refractivity contribution in [2.75, 3.05) is 10.7 Å². The summed E-state index contributed by atoms with van der Waals surface area (Å²) in [7, 11) is 0. The van der Waals surface area contributed by atoms with Crippen molar-refractivity contribution in [3.8, 4) is 0 Å². The fourth-order valence-corrected chi connectivity index (χ4v) is 1.82. The SMILES string of the molecule is CC(C)(C)OC(=O)Nc1ccc(C=NNc2ccccc2)cc1F. The first-order valence-corrected chi connectivity index (χ1v) is 7.47. The van der Waals surface area contributed by atoms with Gasteiger partial charge in [0, 0.05) is 0 Å². The van der Waals surface area contributed by atoms with E-state index in [4.69, 9.17) is 4.74 Å². The second-order valence-electron chi connectivity index (χ2n) is 6.10. The molecule has 2 aromatic rings. The fraction of sp³-hybridized carbons (Fsp3) is 0.222. The molecular formula is C18H20FN3O2. The van der Waals surface area contributed by atoms with E-state index in [1.807, 2.05) is 30.3 Å². The van der Waals surface area contributed by atoms with Crippen LogP contribution in [-0.2, 0) is 4.74 Å². The lowest BCUT2D eigenvalue weighted by Gasteiger charge is -2.19. The summed E-state index contributed by atoms with van der Waals surface area (Å²) in [6.07, 6.45) is 0.793. The number of amides is 1. The summed E-state index contributed by atoms with van der Waals surface area (Å²) in [5.74, 6) is -0.565. The first kappa shape index (κ1) is 17.5. The summed E-state index contributed by atoms with van der Waals surface area (Å²) in [5, 5.41) is 6.42. The van der Waals surface area contributed by atoms with Gasteiger partial charge < -0.3 is 4.74 Å². The van der Waals surface area contributed by atoms with E-state index in [1.54, 1.807) is 26.8 Å². The number of benzene rings is 2. The number of carbonyl (C=O) groups excluding carboxylic acids is 1. The molecule has 0 saturated heterocycles. The van der Waals surface area contributed by atoms with E-state index < -0.39 is 17.5 Å². The van der Waals surface area contributed by atoms with Crippen LogP contribution < -0.4 is 10.7 Å². The summed E-state index contributed by atoms with van der Waals surface area (Å²) in [5.41, 5.74) is 3.64. The Hall–Kier alpha value is -2.89. The molecule has 0 aromatic heterocycles. The second-order valence-corrected chi connectivity index (χ2v) is 6.10. The van der Waals surface area contributed by atoms with Gasteiger partial charge in [-0.1, -0.05) is 24.3 Å². The predicted octanol–water partition coefficient (Wildman–Crippen LogP) is 4.62. The second kappa shape index (κ2) is 7.59. The Morgan fingerprint density at radius 1 is 1.17 bits per heavy atom. The van der Waals surface area contributed by atoms with Gasteiger partial charge >= 0.3 is 6.09 Å². The van der Waals surface area contributed by atoms with Gasteiger partial charge in [-0.2, -0.15) is 5.10 Å². The van der Waals surface area contributed by atoms with Crippen LogP contribution in [0.5, 0.6) is 0 Å². The van der Waals surface area contributed by atoms with Crippen LogP contribution >= 0.6 is 0 Å². The Kier molecular flexibility index (Phi) is 5.52. The average Bonchev–Trinajstić information content (AvgIpc) is 2.49. The van der Waals surface area contributed by atoms with Crippen molar-refractivity contribution < 1.29 is 13.9 Å². The van der Waals surface area contributed by atoms with E-state index in [2.05, 4.69) is 15.8 Å². The summed E-state index contributed by atoms with van der Waals surface area (Å²) in [6, 6.07) is 13.8. The number of hydrogen-bond donors (Lipinski definition) is 2. The van der Waals surface area contributed by atoms with E-state index >= 15 is 0 Å². The van der Waals surface area contributed by atoms with Gasteiger partial charge in [0.05, 0.1) is 17.6 Å². The Labute approximate surface area is 140 Å². The van der Waals surface area contributed by atoms with E-state index in [0.29, 0.717) is 5.56 Å². The van der Waals surface area contributed by atoms with Crippen molar-refractivity contribution in [1.29, 1.82) is 0 Å². The highest BCUT2D eigenvalue weighted by Gasteiger charge is 2.17. The number of rotatable bonds is 4. The van der Waals surface area contributed by atoms with Crippen LogP contribution in [0.3, 0.4) is 0 Å². The van der Waals surface area contributed by atoms with Crippen LogP contribution in [0.15, 0.2) is 53.6 Å². The maximum absolute atomic E-state index is 14.0. The van der Waals surface area contributed by atoms with Crippen molar-refractivity contribution in [1.82, 2.24) is 0 Å². The van der Waals surface area contributed by atoms with Crippen LogP contribution in [0.25, 0.3) is 0 Å². The molecule has 24 heavy (non-hydrogen) atoms. The largest absolute Gasteiger partial charge is 0.444 e. The zero-order chi connectivity index (χ0) is 17.6. The van der Waals surface area contributed by atoms with Gasteiger partial charge in [-0.25, -0.2) is 9.18 Å². The molecule has 2 rings (SSSR count). The van der Waals surface area contributed by atoms with Crippen LogP contribution in [-0.4, -0.2) is 17.9 Å². The lowest BCUT2D eigenvalue weighted by Crippen LogP contribution is -2.27. The van der Waals surface area contributed by atoms with Crippen molar-refractivity contribution >= 4 is 23.7 Å². The molecule has 0 spiro atoms. The number of carbonyl (C=O) groups is 1. The zero-order valence-corrected chi connectivity index (χ0v) is 13.8. The average molecular weight is 329 g/mol. The quantitative estimate of drug-likeness (QED) is 0.635. The number of hydrogen-bond acceptors (Lipinski definition) is 4. The van der Waals surface area contributed by atoms with Gasteiger partial charge in [-0.3, -0.25) is 10.7 Å². The van der Waals surface area contributed by atoms with Gasteiger partial charge in [0.2, 0.25) is 0 Å². The number of hydrazone groups is 1. The van der Waals surface area contributed by atoms with Crippen molar-refractivity contribution in [2.24, 2.45) is 5.10 Å². The third-order valence-corrected chi connectivity index (χ3v) is 2.81. The van der Waals surface area contributed by atoms with Crippen LogP contribution in [0.4, 0.5) is 20.6 Å². The van der Waals surface area contributed by atoms with Crippen molar-refractivity contribution in [2.45, 2.75) is 26.4 Å². The van der Waals surface area contributed by atoms with Gasteiger partial charge in [0.1, 0.15) is 11.4 Å².